The minimum absolute atomic E-state index is 1.01. The molecule has 1 aromatic heterocycles. The lowest BCUT2D eigenvalue weighted by molar-refractivity contribution is 0.640. The van der Waals surface area contributed by atoms with E-state index in [9.17, 15) is 0 Å². The summed E-state index contributed by atoms with van der Waals surface area (Å²) < 4.78 is 1.16. The number of nitrogens with zero attached hydrogens (tertiary/aromatic N) is 1. The van der Waals surface area contributed by atoms with E-state index in [0.717, 1.165) is 22.2 Å². The first kappa shape index (κ1) is 21.5. The molecule has 31 heavy (non-hydrogen) atoms. The average Bonchev–Trinajstić information content (AvgIpc) is 2.83. The van der Waals surface area contributed by atoms with Crippen molar-refractivity contribution in [1.29, 1.82) is 0 Å². The summed E-state index contributed by atoms with van der Waals surface area (Å²) in [4.78, 5) is 4.47. The molecule has 0 N–H and O–H groups in total. The van der Waals surface area contributed by atoms with Crippen molar-refractivity contribution in [3.8, 4) is 22.4 Å². The highest BCUT2D eigenvalue weighted by atomic mass is 79.9. The maximum atomic E-state index is 4.47. The summed E-state index contributed by atoms with van der Waals surface area (Å²) in [7, 11) is 0. The molecule has 0 radical (unpaired) electrons. The van der Waals surface area contributed by atoms with Gasteiger partial charge >= 0.3 is 0 Å². The van der Waals surface area contributed by atoms with Gasteiger partial charge in [-0.1, -0.05) is 89.4 Å². The Morgan fingerprint density at radius 1 is 0.548 bits per heavy atom. The summed E-state index contributed by atoms with van der Waals surface area (Å²) in [5.74, 6) is 0. The normalized spacial score (nSPS) is 10.9. The Kier molecular flexibility index (Phi) is 7.68. The number of aryl methyl sites for hydroxylation is 2. The molecule has 0 aliphatic heterocycles. The van der Waals surface area contributed by atoms with Crippen LogP contribution in [0.15, 0.2) is 102 Å². The van der Waals surface area contributed by atoms with Crippen molar-refractivity contribution < 1.29 is 0 Å². The van der Waals surface area contributed by atoms with Gasteiger partial charge in [0, 0.05) is 16.2 Å². The van der Waals surface area contributed by atoms with Gasteiger partial charge in [-0.05, 0) is 78.3 Å². The Bertz CT molecular complexity index is 1070. The first-order valence-electron chi connectivity index (χ1n) is 11.1. The number of hydrogen-bond donors (Lipinski definition) is 0. The monoisotopic (exact) mass is 469 g/mol. The van der Waals surface area contributed by atoms with Crippen LogP contribution >= 0.6 is 15.9 Å². The lowest BCUT2D eigenvalue weighted by Gasteiger charge is -2.07. The van der Waals surface area contributed by atoms with E-state index in [1.165, 1.54) is 54.4 Å². The third-order valence-corrected chi connectivity index (χ3v) is 6.23. The second kappa shape index (κ2) is 11.1. The maximum absolute atomic E-state index is 4.47. The Morgan fingerprint density at radius 2 is 1.19 bits per heavy atom. The fourth-order valence-corrected chi connectivity index (χ4v) is 4.18. The number of pyridine rings is 1. The van der Waals surface area contributed by atoms with Crippen molar-refractivity contribution >= 4 is 15.9 Å². The van der Waals surface area contributed by atoms with Crippen LogP contribution in [0.1, 0.15) is 36.8 Å². The lowest BCUT2D eigenvalue weighted by Crippen LogP contribution is -1.89. The third-order valence-electron chi connectivity index (χ3n) is 5.70. The molecular formula is C29H28BrN. The van der Waals surface area contributed by atoms with Crippen LogP contribution in [0.4, 0.5) is 0 Å². The Labute approximate surface area is 194 Å². The smallest absolute Gasteiger partial charge is 0.0702 e. The van der Waals surface area contributed by atoms with E-state index in [-0.39, 0.29) is 0 Å². The average molecular weight is 470 g/mol. The number of rotatable bonds is 9. The summed E-state index contributed by atoms with van der Waals surface area (Å²) in [6, 6.07) is 32.4. The van der Waals surface area contributed by atoms with Crippen molar-refractivity contribution in [2.24, 2.45) is 0 Å². The van der Waals surface area contributed by atoms with Crippen LogP contribution in [0.2, 0.25) is 0 Å². The zero-order chi connectivity index (χ0) is 21.3. The zero-order valence-electron chi connectivity index (χ0n) is 17.8. The standard InChI is InChI=1S/C29H28BrN/c30-28-19-15-24(16-20-28)9-4-2-1-3-8-23-13-17-25(18-14-23)26-10-7-11-27(22-26)29-12-5-6-21-31-29/h5-7,10-22H,1-4,8-9H2. The summed E-state index contributed by atoms with van der Waals surface area (Å²) in [5.41, 5.74) is 7.54. The molecule has 156 valence electrons. The second-order valence-corrected chi connectivity index (χ2v) is 8.95. The van der Waals surface area contributed by atoms with Gasteiger partial charge in [-0.2, -0.15) is 0 Å². The molecule has 0 spiro atoms. The van der Waals surface area contributed by atoms with Gasteiger partial charge in [-0.3, -0.25) is 4.98 Å². The molecule has 0 saturated carbocycles. The van der Waals surface area contributed by atoms with Crippen LogP contribution in [0, 0.1) is 0 Å². The van der Waals surface area contributed by atoms with Gasteiger partial charge in [-0.25, -0.2) is 0 Å². The fraction of sp³-hybridized carbons (Fsp3) is 0.207. The fourth-order valence-electron chi connectivity index (χ4n) is 3.92. The minimum atomic E-state index is 1.01. The van der Waals surface area contributed by atoms with E-state index in [1.807, 2.05) is 18.3 Å². The highest BCUT2D eigenvalue weighted by molar-refractivity contribution is 9.10. The molecule has 1 nitrogen and oxygen atoms in total. The molecule has 0 aliphatic rings. The van der Waals surface area contributed by atoms with E-state index < -0.39 is 0 Å². The molecule has 4 rings (SSSR count). The molecule has 0 bridgehead atoms. The lowest BCUT2D eigenvalue weighted by atomic mass is 9.98. The Balaban J connectivity index is 1.24. The van der Waals surface area contributed by atoms with Crippen molar-refractivity contribution in [2.75, 3.05) is 0 Å². The predicted molar refractivity (Wildman–Crippen MR) is 135 cm³/mol. The van der Waals surface area contributed by atoms with Crippen LogP contribution in [0.25, 0.3) is 22.4 Å². The van der Waals surface area contributed by atoms with E-state index in [4.69, 9.17) is 0 Å². The highest BCUT2D eigenvalue weighted by Crippen LogP contribution is 2.26. The minimum Gasteiger partial charge on any atom is -0.256 e. The first-order chi connectivity index (χ1) is 15.3. The number of hydrogen-bond acceptors (Lipinski definition) is 1. The second-order valence-electron chi connectivity index (χ2n) is 8.03. The molecule has 0 unspecified atom stereocenters. The van der Waals surface area contributed by atoms with Crippen LogP contribution in [0.3, 0.4) is 0 Å². The van der Waals surface area contributed by atoms with Crippen LogP contribution in [-0.2, 0) is 12.8 Å². The van der Waals surface area contributed by atoms with Gasteiger partial charge in [-0.15, -0.1) is 0 Å². The molecule has 0 saturated heterocycles. The first-order valence-corrected chi connectivity index (χ1v) is 11.9. The van der Waals surface area contributed by atoms with Gasteiger partial charge in [0.2, 0.25) is 0 Å². The number of aromatic nitrogens is 1. The largest absolute Gasteiger partial charge is 0.256 e. The van der Waals surface area contributed by atoms with Gasteiger partial charge in [0.1, 0.15) is 0 Å². The molecule has 0 fully saturated rings. The van der Waals surface area contributed by atoms with Crippen LogP contribution in [-0.4, -0.2) is 4.98 Å². The van der Waals surface area contributed by atoms with Crippen LogP contribution < -0.4 is 0 Å². The maximum Gasteiger partial charge on any atom is 0.0702 e. The quantitative estimate of drug-likeness (QED) is 0.223. The van der Waals surface area contributed by atoms with Gasteiger partial charge < -0.3 is 0 Å². The Morgan fingerprint density at radius 3 is 1.84 bits per heavy atom. The SMILES string of the molecule is Brc1ccc(CCCCCCc2ccc(-c3cccc(-c4ccccn4)c3)cc2)cc1. The molecule has 0 atom stereocenters. The van der Waals surface area contributed by atoms with Gasteiger partial charge in [0.15, 0.2) is 0 Å². The van der Waals surface area contributed by atoms with Crippen LogP contribution in [0.5, 0.6) is 0 Å². The Hall–Kier alpha value is -2.71. The molecule has 1 heterocycles. The van der Waals surface area contributed by atoms with Crippen molar-refractivity contribution in [3.63, 3.8) is 0 Å². The van der Waals surface area contributed by atoms with Gasteiger partial charge in [0.25, 0.3) is 0 Å². The van der Waals surface area contributed by atoms with Crippen molar-refractivity contribution in [2.45, 2.75) is 38.5 Å². The third kappa shape index (κ3) is 6.38. The predicted octanol–water partition coefficient (Wildman–Crippen LogP) is 8.52. The number of unbranched alkanes of at least 4 members (excludes halogenated alkanes) is 3. The van der Waals surface area contributed by atoms with E-state index >= 15 is 0 Å². The molecule has 2 heteroatoms. The van der Waals surface area contributed by atoms with Crippen molar-refractivity contribution in [1.82, 2.24) is 4.98 Å². The van der Waals surface area contributed by atoms with E-state index in [0.29, 0.717) is 0 Å². The van der Waals surface area contributed by atoms with E-state index in [1.54, 1.807) is 0 Å². The summed E-state index contributed by atoms with van der Waals surface area (Å²) in [6.07, 6.45) is 9.31. The summed E-state index contributed by atoms with van der Waals surface area (Å²) in [5, 5.41) is 0. The number of benzene rings is 3. The summed E-state index contributed by atoms with van der Waals surface area (Å²) >= 11 is 3.50. The molecule has 0 aliphatic carbocycles. The zero-order valence-corrected chi connectivity index (χ0v) is 19.4. The molecule has 3 aromatic carbocycles. The number of halogens is 1. The molecule has 4 aromatic rings. The van der Waals surface area contributed by atoms with Crippen molar-refractivity contribution in [3.05, 3.63) is 113 Å². The topological polar surface area (TPSA) is 12.9 Å². The van der Waals surface area contributed by atoms with Gasteiger partial charge in [0.05, 0.1) is 5.69 Å². The highest BCUT2D eigenvalue weighted by Gasteiger charge is 2.03. The molecular weight excluding hydrogens is 442 g/mol. The summed E-state index contributed by atoms with van der Waals surface area (Å²) in [6.45, 7) is 0. The molecule has 0 amide bonds. The van der Waals surface area contributed by atoms with E-state index in [2.05, 4.69) is 99.8 Å².